The van der Waals surface area contributed by atoms with Crippen LogP contribution in [0.3, 0.4) is 0 Å². The summed E-state index contributed by atoms with van der Waals surface area (Å²) in [6, 6.07) is 22.2. The van der Waals surface area contributed by atoms with Gasteiger partial charge in [0, 0.05) is 18.0 Å². The van der Waals surface area contributed by atoms with Gasteiger partial charge in [0.05, 0.1) is 22.4 Å². The fourth-order valence-corrected chi connectivity index (χ4v) is 3.88. The number of para-hydroxylation sites is 2. The van der Waals surface area contributed by atoms with Gasteiger partial charge in [0.2, 0.25) is 11.7 Å². The van der Waals surface area contributed by atoms with E-state index < -0.39 is 0 Å². The van der Waals surface area contributed by atoms with E-state index >= 15 is 0 Å². The minimum Gasteiger partial charge on any atom is -0.325 e. The van der Waals surface area contributed by atoms with Gasteiger partial charge in [-0.3, -0.25) is 14.6 Å². The molecule has 5 rings (SSSR count). The lowest BCUT2D eigenvalue weighted by Gasteiger charge is -2.09. The first-order valence-electron chi connectivity index (χ1n) is 10.5. The van der Waals surface area contributed by atoms with Crippen LogP contribution in [0.4, 0.5) is 5.69 Å². The Labute approximate surface area is 184 Å². The third kappa shape index (κ3) is 3.54. The third-order valence-corrected chi connectivity index (χ3v) is 5.40. The van der Waals surface area contributed by atoms with E-state index in [0.717, 1.165) is 23.2 Å². The Morgan fingerprint density at radius 3 is 2.53 bits per heavy atom. The van der Waals surface area contributed by atoms with Crippen LogP contribution in [0, 0.1) is 0 Å². The molecule has 0 radical (unpaired) electrons. The lowest BCUT2D eigenvalue weighted by Crippen LogP contribution is -2.20. The monoisotopic (exact) mass is 423 g/mol. The number of aryl methyl sites for hydroxylation is 1. The predicted molar refractivity (Wildman–Crippen MR) is 125 cm³/mol. The summed E-state index contributed by atoms with van der Waals surface area (Å²) in [5.74, 6) is 0.204. The highest BCUT2D eigenvalue weighted by atomic mass is 16.2. The molecule has 1 N–H and O–H groups in total. The Balaban J connectivity index is 1.61. The normalized spacial score (nSPS) is 11.2. The molecule has 32 heavy (non-hydrogen) atoms. The molecule has 0 saturated heterocycles. The van der Waals surface area contributed by atoms with Crippen LogP contribution in [0.25, 0.3) is 28.2 Å². The second-order valence-corrected chi connectivity index (χ2v) is 7.51. The largest absolute Gasteiger partial charge is 0.325 e. The van der Waals surface area contributed by atoms with Crippen molar-refractivity contribution in [2.45, 2.75) is 19.9 Å². The van der Waals surface area contributed by atoms with Gasteiger partial charge >= 0.3 is 0 Å². The summed E-state index contributed by atoms with van der Waals surface area (Å²) in [5, 5.41) is 2.96. The molecule has 0 aliphatic rings. The van der Waals surface area contributed by atoms with Crippen molar-refractivity contribution in [3.63, 3.8) is 0 Å². The topological polar surface area (TPSA) is 81.3 Å². The summed E-state index contributed by atoms with van der Waals surface area (Å²) >= 11 is 0. The Morgan fingerprint density at radius 1 is 0.938 bits per heavy atom. The van der Waals surface area contributed by atoms with E-state index in [1.165, 1.54) is 10.5 Å². The van der Waals surface area contributed by atoms with Crippen LogP contribution in [0.1, 0.15) is 12.5 Å². The molecule has 0 spiro atoms. The zero-order valence-corrected chi connectivity index (χ0v) is 17.5. The van der Waals surface area contributed by atoms with Crippen molar-refractivity contribution in [1.29, 1.82) is 0 Å². The molecule has 3 aromatic heterocycles. The molecule has 158 valence electrons. The van der Waals surface area contributed by atoms with Crippen LogP contribution in [-0.2, 0) is 17.8 Å². The van der Waals surface area contributed by atoms with Crippen LogP contribution in [0.5, 0.6) is 0 Å². The van der Waals surface area contributed by atoms with Gasteiger partial charge in [-0.15, -0.1) is 0 Å². The number of rotatable bonds is 5. The van der Waals surface area contributed by atoms with Crippen LogP contribution < -0.4 is 10.9 Å². The fraction of sp³-hybridized carbons (Fsp3) is 0.120. The van der Waals surface area contributed by atoms with E-state index in [-0.39, 0.29) is 18.0 Å². The minimum absolute atomic E-state index is 0.0193. The van der Waals surface area contributed by atoms with Gasteiger partial charge in [-0.05, 0) is 48.4 Å². The van der Waals surface area contributed by atoms with Gasteiger partial charge in [0.25, 0.3) is 5.56 Å². The van der Waals surface area contributed by atoms with Gasteiger partial charge in [0.15, 0.2) is 0 Å². The molecule has 5 aromatic rings. The van der Waals surface area contributed by atoms with E-state index in [1.54, 1.807) is 16.8 Å². The zero-order chi connectivity index (χ0) is 22.1. The number of pyridine rings is 1. The zero-order valence-electron chi connectivity index (χ0n) is 17.5. The summed E-state index contributed by atoms with van der Waals surface area (Å²) in [7, 11) is 0. The number of amides is 1. The standard InChI is InChI=1S/C25H21N5O2/c1-2-17-8-7-9-18(14-17)27-23(31)16-29-21-11-3-4-12-22(21)30-24(32)15-20(28-25(29)30)19-10-5-6-13-26-19/h3-15H,2,16H2,1H3,(H,27,31). The number of anilines is 1. The van der Waals surface area contributed by atoms with Crippen LogP contribution in [0.15, 0.2) is 83.8 Å². The highest BCUT2D eigenvalue weighted by Crippen LogP contribution is 2.21. The van der Waals surface area contributed by atoms with Crippen LogP contribution in [0.2, 0.25) is 0 Å². The van der Waals surface area contributed by atoms with E-state index in [9.17, 15) is 9.59 Å². The van der Waals surface area contributed by atoms with E-state index in [4.69, 9.17) is 4.98 Å². The SMILES string of the molecule is CCc1cccc(NC(=O)Cn2c3ccccc3n3c(=O)cc(-c4ccccn4)nc23)c1. The molecule has 0 aliphatic carbocycles. The average molecular weight is 423 g/mol. The molecule has 0 bridgehead atoms. The quantitative estimate of drug-likeness (QED) is 0.465. The number of nitrogens with zero attached hydrogens (tertiary/aromatic N) is 4. The number of benzene rings is 2. The maximum atomic E-state index is 13.0. The molecule has 1 amide bonds. The van der Waals surface area contributed by atoms with Crippen molar-refractivity contribution in [2.24, 2.45) is 0 Å². The van der Waals surface area contributed by atoms with Crippen molar-refractivity contribution in [3.8, 4) is 11.4 Å². The molecule has 2 aromatic carbocycles. The predicted octanol–water partition coefficient (Wildman–Crippen LogP) is 3.91. The highest BCUT2D eigenvalue weighted by Gasteiger charge is 2.17. The van der Waals surface area contributed by atoms with Crippen molar-refractivity contribution < 1.29 is 4.79 Å². The summed E-state index contributed by atoms with van der Waals surface area (Å²) < 4.78 is 3.30. The first kappa shape index (κ1) is 19.7. The number of hydrogen-bond donors (Lipinski definition) is 1. The van der Waals surface area contributed by atoms with Crippen molar-refractivity contribution in [2.75, 3.05) is 5.32 Å². The lowest BCUT2D eigenvalue weighted by molar-refractivity contribution is -0.116. The number of fused-ring (bicyclic) bond motifs is 3. The number of carbonyl (C=O) groups excluding carboxylic acids is 1. The highest BCUT2D eigenvalue weighted by molar-refractivity contribution is 5.92. The average Bonchev–Trinajstić information content (AvgIpc) is 3.13. The van der Waals surface area contributed by atoms with Crippen molar-refractivity contribution in [1.82, 2.24) is 18.9 Å². The van der Waals surface area contributed by atoms with Crippen LogP contribution >= 0.6 is 0 Å². The maximum absolute atomic E-state index is 13.0. The molecule has 0 unspecified atom stereocenters. The van der Waals surface area contributed by atoms with Gasteiger partial charge in [-0.2, -0.15) is 0 Å². The summed E-state index contributed by atoms with van der Waals surface area (Å²) in [6.45, 7) is 2.09. The van der Waals surface area contributed by atoms with Crippen LogP contribution in [-0.4, -0.2) is 24.8 Å². The maximum Gasteiger partial charge on any atom is 0.260 e. The van der Waals surface area contributed by atoms with Gasteiger partial charge in [-0.1, -0.05) is 37.3 Å². The number of aromatic nitrogens is 4. The number of nitrogens with one attached hydrogen (secondary N) is 1. The molecule has 3 heterocycles. The Morgan fingerprint density at radius 2 is 1.75 bits per heavy atom. The first-order chi connectivity index (χ1) is 15.6. The number of hydrogen-bond acceptors (Lipinski definition) is 4. The van der Waals surface area contributed by atoms with Gasteiger partial charge < -0.3 is 9.88 Å². The summed E-state index contributed by atoms with van der Waals surface area (Å²) in [5.41, 5.74) is 4.20. The van der Waals surface area contributed by atoms with E-state index in [1.807, 2.05) is 60.7 Å². The van der Waals surface area contributed by atoms with Gasteiger partial charge in [-0.25, -0.2) is 9.38 Å². The summed E-state index contributed by atoms with van der Waals surface area (Å²) in [4.78, 5) is 35.0. The van der Waals surface area contributed by atoms with E-state index in [0.29, 0.717) is 22.7 Å². The Hall–Kier alpha value is -4.26. The molecule has 0 fully saturated rings. The third-order valence-electron chi connectivity index (χ3n) is 5.40. The van der Waals surface area contributed by atoms with Crippen molar-refractivity contribution >= 4 is 28.4 Å². The molecular weight excluding hydrogens is 402 g/mol. The smallest absolute Gasteiger partial charge is 0.260 e. The molecule has 7 heteroatoms. The van der Waals surface area contributed by atoms with Gasteiger partial charge in [0.1, 0.15) is 6.54 Å². The lowest BCUT2D eigenvalue weighted by atomic mass is 10.1. The molecule has 0 saturated carbocycles. The fourth-order valence-electron chi connectivity index (χ4n) is 3.88. The Bertz CT molecular complexity index is 1500. The second-order valence-electron chi connectivity index (χ2n) is 7.51. The molecule has 0 atom stereocenters. The first-order valence-corrected chi connectivity index (χ1v) is 10.5. The Kier molecular flexibility index (Phi) is 4.99. The van der Waals surface area contributed by atoms with E-state index in [2.05, 4.69) is 17.2 Å². The molecular formula is C25H21N5O2. The second kappa shape index (κ2) is 8.11. The number of imidazole rings is 1. The molecule has 0 aliphatic heterocycles. The van der Waals surface area contributed by atoms with Crippen molar-refractivity contribution in [3.05, 3.63) is 94.9 Å². The number of carbonyl (C=O) groups is 1. The summed E-state index contributed by atoms with van der Waals surface area (Å²) in [6.07, 6.45) is 2.55. The molecule has 7 nitrogen and oxygen atoms in total. The minimum atomic E-state index is -0.221.